The molecule has 0 aromatic heterocycles. The van der Waals surface area contributed by atoms with Crippen LogP contribution < -0.4 is 0 Å². The number of rotatable bonds is 1. The zero-order chi connectivity index (χ0) is 15.0. The van der Waals surface area contributed by atoms with Crippen molar-refractivity contribution >= 4 is 5.91 Å². The van der Waals surface area contributed by atoms with Gasteiger partial charge >= 0.3 is 0 Å². The lowest BCUT2D eigenvalue weighted by molar-refractivity contribution is 0.0738. The fourth-order valence-electron chi connectivity index (χ4n) is 3.25. The number of carbonyl (C=O) groups is 1. The Labute approximate surface area is 121 Å². The molecule has 0 bridgehead atoms. The van der Waals surface area contributed by atoms with E-state index in [4.69, 9.17) is 0 Å². The third kappa shape index (κ3) is 2.77. The molecule has 2 fully saturated rings. The van der Waals surface area contributed by atoms with Crippen LogP contribution in [-0.2, 0) is 0 Å². The maximum absolute atomic E-state index is 13.7. The minimum atomic E-state index is -1.28. The molecule has 3 nitrogen and oxygen atoms in total. The molecule has 1 aromatic carbocycles. The molecular formula is C15H17F3N2O. The van der Waals surface area contributed by atoms with Crippen molar-refractivity contribution in [1.29, 1.82) is 0 Å². The van der Waals surface area contributed by atoms with Crippen LogP contribution in [0.25, 0.3) is 0 Å². The number of halogens is 3. The van der Waals surface area contributed by atoms with E-state index in [1.807, 2.05) is 0 Å². The second kappa shape index (κ2) is 5.67. The number of hydrogen-bond donors (Lipinski definition) is 0. The Hall–Kier alpha value is -1.56. The van der Waals surface area contributed by atoms with E-state index in [1.54, 1.807) is 4.90 Å². The predicted molar refractivity (Wildman–Crippen MR) is 71.4 cm³/mol. The van der Waals surface area contributed by atoms with E-state index in [2.05, 4.69) is 4.90 Å². The molecule has 1 amide bonds. The van der Waals surface area contributed by atoms with Crippen molar-refractivity contribution in [1.82, 2.24) is 9.80 Å². The summed E-state index contributed by atoms with van der Waals surface area (Å²) in [7, 11) is 0. The number of nitrogens with zero attached hydrogens (tertiary/aromatic N) is 2. The van der Waals surface area contributed by atoms with Gasteiger partial charge in [-0.25, -0.2) is 13.2 Å². The molecule has 2 saturated heterocycles. The minimum absolute atomic E-state index is 0.296. The fourth-order valence-corrected chi connectivity index (χ4v) is 3.25. The van der Waals surface area contributed by atoms with Crippen molar-refractivity contribution < 1.29 is 18.0 Å². The molecule has 0 radical (unpaired) electrons. The summed E-state index contributed by atoms with van der Waals surface area (Å²) in [6.07, 6.45) is 2.93. The topological polar surface area (TPSA) is 23.6 Å². The summed E-state index contributed by atoms with van der Waals surface area (Å²) in [6, 6.07) is 1.39. The van der Waals surface area contributed by atoms with Gasteiger partial charge in [-0.3, -0.25) is 9.69 Å². The number of carbonyl (C=O) groups excluding carboxylic acids is 1. The van der Waals surface area contributed by atoms with Gasteiger partial charge in [-0.1, -0.05) is 0 Å². The lowest BCUT2D eigenvalue weighted by Gasteiger charge is -2.25. The van der Waals surface area contributed by atoms with E-state index in [-0.39, 0.29) is 5.56 Å². The van der Waals surface area contributed by atoms with Crippen molar-refractivity contribution in [2.24, 2.45) is 0 Å². The number of fused-ring (bicyclic) bond motifs is 1. The quantitative estimate of drug-likeness (QED) is 0.743. The van der Waals surface area contributed by atoms with Gasteiger partial charge in [0.2, 0.25) is 0 Å². The van der Waals surface area contributed by atoms with Gasteiger partial charge < -0.3 is 4.90 Å². The SMILES string of the molecule is O=C(c1cc(F)c(F)cc1F)N1CCCN2CCC[C@H]2C1. The van der Waals surface area contributed by atoms with E-state index in [0.29, 0.717) is 31.3 Å². The number of hydrogen-bond acceptors (Lipinski definition) is 2. The minimum Gasteiger partial charge on any atom is -0.337 e. The summed E-state index contributed by atoms with van der Waals surface area (Å²) >= 11 is 0. The van der Waals surface area contributed by atoms with Gasteiger partial charge in [-0.2, -0.15) is 0 Å². The Kier molecular flexibility index (Phi) is 3.89. The van der Waals surface area contributed by atoms with Gasteiger partial charge in [-0.05, 0) is 31.9 Å². The monoisotopic (exact) mass is 298 g/mol. The standard InChI is InChI=1S/C15H17F3N2O/c16-12-8-14(18)13(17)7-11(12)15(21)20-6-2-5-19-4-1-3-10(19)9-20/h7-8,10H,1-6,9H2/t10-/m0/s1. The highest BCUT2D eigenvalue weighted by atomic mass is 19.2. The average molecular weight is 298 g/mol. The Morgan fingerprint density at radius 3 is 2.52 bits per heavy atom. The van der Waals surface area contributed by atoms with Crippen LogP contribution in [-0.4, -0.2) is 47.9 Å². The first-order valence-electron chi connectivity index (χ1n) is 7.24. The fraction of sp³-hybridized carbons (Fsp3) is 0.533. The lowest BCUT2D eigenvalue weighted by Crippen LogP contribution is -2.40. The first kappa shape index (κ1) is 14.4. The zero-order valence-electron chi connectivity index (χ0n) is 11.6. The van der Waals surface area contributed by atoms with Gasteiger partial charge in [0.1, 0.15) is 5.82 Å². The van der Waals surface area contributed by atoms with E-state index < -0.39 is 23.4 Å². The van der Waals surface area contributed by atoms with Crippen LogP contribution in [0, 0.1) is 17.5 Å². The second-order valence-corrected chi connectivity index (χ2v) is 5.68. The van der Waals surface area contributed by atoms with E-state index >= 15 is 0 Å². The molecule has 0 N–H and O–H groups in total. The molecule has 0 unspecified atom stereocenters. The smallest absolute Gasteiger partial charge is 0.256 e. The van der Waals surface area contributed by atoms with Crippen LogP contribution in [0.1, 0.15) is 29.6 Å². The Morgan fingerprint density at radius 1 is 1.00 bits per heavy atom. The molecule has 1 atom stereocenters. The summed E-state index contributed by atoms with van der Waals surface area (Å²) in [6.45, 7) is 3.00. The first-order valence-corrected chi connectivity index (χ1v) is 7.24. The number of benzene rings is 1. The van der Waals surface area contributed by atoms with Crippen molar-refractivity contribution in [2.75, 3.05) is 26.2 Å². The van der Waals surface area contributed by atoms with E-state index in [1.165, 1.54) is 0 Å². The maximum Gasteiger partial charge on any atom is 0.256 e. The molecule has 0 spiro atoms. The summed E-state index contributed by atoms with van der Waals surface area (Å²) in [5.74, 6) is -4.04. The van der Waals surface area contributed by atoms with Crippen LogP contribution in [0.2, 0.25) is 0 Å². The largest absolute Gasteiger partial charge is 0.337 e. The summed E-state index contributed by atoms with van der Waals surface area (Å²) in [5.41, 5.74) is -0.389. The Bertz CT molecular complexity index is 564. The zero-order valence-corrected chi connectivity index (χ0v) is 11.6. The highest BCUT2D eigenvalue weighted by Crippen LogP contribution is 2.23. The molecule has 114 valence electrons. The second-order valence-electron chi connectivity index (χ2n) is 5.68. The van der Waals surface area contributed by atoms with Gasteiger partial charge in [-0.15, -0.1) is 0 Å². The average Bonchev–Trinajstić information content (AvgIpc) is 2.79. The lowest BCUT2D eigenvalue weighted by atomic mass is 10.1. The van der Waals surface area contributed by atoms with Gasteiger partial charge in [0.05, 0.1) is 5.56 Å². The highest BCUT2D eigenvalue weighted by molar-refractivity contribution is 5.94. The number of amides is 1. The third-order valence-electron chi connectivity index (χ3n) is 4.33. The molecular weight excluding hydrogens is 281 g/mol. The van der Waals surface area contributed by atoms with Crippen molar-refractivity contribution in [3.8, 4) is 0 Å². The molecule has 1 aromatic rings. The normalized spacial score (nSPS) is 23.0. The van der Waals surface area contributed by atoms with Crippen LogP contribution in [0.4, 0.5) is 13.2 Å². The molecule has 0 saturated carbocycles. The molecule has 6 heteroatoms. The molecule has 21 heavy (non-hydrogen) atoms. The Morgan fingerprint density at radius 2 is 1.71 bits per heavy atom. The van der Waals surface area contributed by atoms with Crippen LogP contribution in [0.5, 0.6) is 0 Å². The summed E-state index contributed by atoms with van der Waals surface area (Å²) in [4.78, 5) is 16.3. The van der Waals surface area contributed by atoms with Gasteiger partial charge in [0, 0.05) is 31.7 Å². The van der Waals surface area contributed by atoms with Crippen LogP contribution >= 0.6 is 0 Å². The Balaban J connectivity index is 1.82. The molecule has 2 aliphatic rings. The highest BCUT2D eigenvalue weighted by Gasteiger charge is 2.31. The van der Waals surface area contributed by atoms with E-state index in [9.17, 15) is 18.0 Å². The van der Waals surface area contributed by atoms with Crippen molar-refractivity contribution in [3.05, 3.63) is 35.1 Å². The van der Waals surface area contributed by atoms with E-state index in [0.717, 1.165) is 32.4 Å². The summed E-state index contributed by atoms with van der Waals surface area (Å²) < 4.78 is 40.0. The van der Waals surface area contributed by atoms with Crippen LogP contribution in [0.3, 0.4) is 0 Å². The van der Waals surface area contributed by atoms with Gasteiger partial charge in [0.15, 0.2) is 11.6 Å². The molecule has 3 rings (SSSR count). The van der Waals surface area contributed by atoms with Gasteiger partial charge in [0.25, 0.3) is 5.91 Å². The van der Waals surface area contributed by atoms with Crippen molar-refractivity contribution in [3.63, 3.8) is 0 Å². The first-order chi connectivity index (χ1) is 10.1. The van der Waals surface area contributed by atoms with Crippen molar-refractivity contribution in [2.45, 2.75) is 25.3 Å². The summed E-state index contributed by atoms with van der Waals surface area (Å²) in [5, 5.41) is 0. The maximum atomic E-state index is 13.7. The predicted octanol–water partition coefficient (Wildman–Crippen LogP) is 2.41. The van der Waals surface area contributed by atoms with Crippen LogP contribution in [0.15, 0.2) is 12.1 Å². The molecule has 2 aliphatic heterocycles. The third-order valence-corrected chi connectivity index (χ3v) is 4.33. The molecule has 2 heterocycles. The molecule has 0 aliphatic carbocycles.